The number of halogens is 3. The molecule has 0 bridgehead atoms. The highest BCUT2D eigenvalue weighted by Gasteiger charge is 2.31. The minimum Gasteiger partial charge on any atom is -0.373 e. The number of nitrogens with zero attached hydrogens (tertiary/aromatic N) is 1. The quantitative estimate of drug-likeness (QED) is 0.865. The third-order valence-electron chi connectivity index (χ3n) is 3.53. The summed E-state index contributed by atoms with van der Waals surface area (Å²) in [4.78, 5) is 4.26. The maximum absolute atomic E-state index is 13.0. The Morgan fingerprint density at radius 1 is 0.905 bits per heavy atom. The van der Waals surface area contributed by atoms with Crippen LogP contribution in [-0.4, -0.2) is 12.0 Å². The Labute approximate surface area is 122 Å². The summed E-state index contributed by atoms with van der Waals surface area (Å²) in [6.45, 7) is 5.79. The van der Waals surface area contributed by atoms with Gasteiger partial charge in [0.2, 0.25) is 0 Å². The molecule has 5 heteroatoms. The molecule has 1 aromatic carbocycles. The monoisotopic (exact) mass is 294 g/mol. The fraction of sp³-hybridized carbons (Fsp3) is 0.312. The predicted octanol–water partition coefficient (Wildman–Crippen LogP) is 4.73. The molecule has 112 valence electrons. The topological polar surface area (TPSA) is 24.9 Å². The summed E-state index contributed by atoms with van der Waals surface area (Å²) in [6.07, 6.45) is -4.39. The third kappa shape index (κ3) is 3.17. The standard InChI is InChI=1S/C16H17F3N2/c1-9-5-11(3)13(6-10(9)2)14-7-12(16(17,18)19)8-15(20-4)21-14/h5-8H,1-4H3,(H,20,21). The van der Waals surface area contributed by atoms with Gasteiger partial charge >= 0.3 is 6.18 Å². The van der Waals surface area contributed by atoms with E-state index in [4.69, 9.17) is 0 Å². The van der Waals surface area contributed by atoms with Gasteiger partial charge in [-0.1, -0.05) is 6.07 Å². The molecule has 2 nitrogen and oxygen atoms in total. The first-order chi connectivity index (χ1) is 9.72. The molecule has 0 unspecified atom stereocenters. The van der Waals surface area contributed by atoms with Crippen LogP contribution in [0.4, 0.5) is 19.0 Å². The number of anilines is 1. The Hall–Kier alpha value is -2.04. The smallest absolute Gasteiger partial charge is 0.373 e. The van der Waals surface area contributed by atoms with E-state index >= 15 is 0 Å². The lowest BCUT2D eigenvalue weighted by Crippen LogP contribution is -2.08. The molecule has 0 saturated heterocycles. The summed E-state index contributed by atoms with van der Waals surface area (Å²) in [7, 11) is 1.56. The van der Waals surface area contributed by atoms with Gasteiger partial charge in [0.1, 0.15) is 5.82 Å². The molecule has 2 rings (SSSR count). The van der Waals surface area contributed by atoms with Crippen LogP contribution in [0.15, 0.2) is 24.3 Å². The van der Waals surface area contributed by atoms with Crippen LogP contribution < -0.4 is 5.32 Å². The minimum atomic E-state index is -4.39. The zero-order valence-electron chi connectivity index (χ0n) is 12.4. The molecule has 1 heterocycles. The van der Waals surface area contributed by atoms with Crippen molar-refractivity contribution in [1.29, 1.82) is 0 Å². The molecule has 1 N–H and O–H groups in total. The molecule has 0 atom stereocenters. The van der Waals surface area contributed by atoms with E-state index in [9.17, 15) is 13.2 Å². The Balaban J connectivity index is 2.66. The number of hydrogen-bond acceptors (Lipinski definition) is 2. The molecular formula is C16H17F3N2. The van der Waals surface area contributed by atoms with Crippen molar-refractivity contribution in [3.05, 3.63) is 46.5 Å². The zero-order valence-corrected chi connectivity index (χ0v) is 12.4. The van der Waals surface area contributed by atoms with Gasteiger partial charge in [0.25, 0.3) is 0 Å². The van der Waals surface area contributed by atoms with Crippen molar-refractivity contribution in [2.24, 2.45) is 0 Å². The highest BCUT2D eigenvalue weighted by molar-refractivity contribution is 5.68. The van der Waals surface area contributed by atoms with Crippen LogP contribution in [0, 0.1) is 20.8 Å². The summed E-state index contributed by atoms with van der Waals surface area (Å²) >= 11 is 0. The molecule has 0 radical (unpaired) electrons. The van der Waals surface area contributed by atoms with Crippen molar-refractivity contribution >= 4 is 5.82 Å². The van der Waals surface area contributed by atoms with Gasteiger partial charge in [0.05, 0.1) is 11.3 Å². The van der Waals surface area contributed by atoms with Crippen LogP contribution in [0.3, 0.4) is 0 Å². The van der Waals surface area contributed by atoms with Crippen LogP contribution in [0.5, 0.6) is 0 Å². The SMILES string of the molecule is CNc1cc(C(F)(F)F)cc(-c2cc(C)c(C)cc2C)n1. The Bertz CT molecular complexity index is 676. The molecule has 1 aromatic heterocycles. The molecule has 0 fully saturated rings. The highest BCUT2D eigenvalue weighted by Crippen LogP contribution is 2.34. The largest absolute Gasteiger partial charge is 0.416 e. The normalized spacial score (nSPS) is 11.6. The van der Waals surface area contributed by atoms with E-state index < -0.39 is 11.7 Å². The number of aromatic nitrogens is 1. The van der Waals surface area contributed by atoms with Gasteiger partial charge in [-0.05, 0) is 55.7 Å². The lowest BCUT2D eigenvalue weighted by atomic mass is 9.97. The van der Waals surface area contributed by atoms with Crippen molar-refractivity contribution in [2.45, 2.75) is 26.9 Å². The van der Waals surface area contributed by atoms with Crippen molar-refractivity contribution in [3.8, 4) is 11.3 Å². The fourth-order valence-electron chi connectivity index (χ4n) is 2.20. The van der Waals surface area contributed by atoms with Crippen LogP contribution in [-0.2, 0) is 6.18 Å². The average Bonchev–Trinajstić information content (AvgIpc) is 2.41. The van der Waals surface area contributed by atoms with Gasteiger partial charge in [0, 0.05) is 12.6 Å². The van der Waals surface area contributed by atoms with Gasteiger partial charge in [-0.3, -0.25) is 0 Å². The number of alkyl halides is 3. The van der Waals surface area contributed by atoms with Gasteiger partial charge < -0.3 is 5.32 Å². The maximum Gasteiger partial charge on any atom is 0.416 e. The molecule has 0 aliphatic rings. The minimum absolute atomic E-state index is 0.206. The van der Waals surface area contributed by atoms with E-state index in [1.54, 1.807) is 7.05 Å². The Morgan fingerprint density at radius 2 is 1.52 bits per heavy atom. The van der Waals surface area contributed by atoms with Crippen molar-refractivity contribution in [2.75, 3.05) is 12.4 Å². The zero-order chi connectivity index (χ0) is 15.8. The number of nitrogens with one attached hydrogen (secondary N) is 1. The predicted molar refractivity (Wildman–Crippen MR) is 78.4 cm³/mol. The first-order valence-electron chi connectivity index (χ1n) is 6.57. The molecule has 0 spiro atoms. The van der Waals surface area contributed by atoms with Crippen molar-refractivity contribution < 1.29 is 13.2 Å². The molecule has 0 aliphatic carbocycles. The first-order valence-corrected chi connectivity index (χ1v) is 6.57. The molecule has 0 amide bonds. The van der Waals surface area contributed by atoms with Crippen molar-refractivity contribution in [3.63, 3.8) is 0 Å². The lowest BCUT2D eigenvalue weighted by molar-refractivity contribution is -0.137. The van der Waals surface area contributed by atoms with E-state index in [0.29, 0.717) is 5.69 Å². The molecule has 0 saturated carbocycles. The van der Waals surface area contributed by atoms with E-state index in [0.717, 1.165) is 34.4 Å². The summed E-state index contributed by atoms with van der Waals surface area (Å²) in [5, 5.41) is 2.68. The van der Waals surface area contributed by atoms with Crippen LogP contribution in [0.2, 0.25) is 0 Å². The number of rotatable bonds is 2. The van der Waals surface area contributed by atoms with Crippen molar-refractivity contribution in [1.82, 2.24) is 4.98 Å². The van der Waals surface area contributed by atoms with Gasteiger partial charge in [0.15, 0.2) is 0 Å². The summed E-state index contributed by atoms with van der Waals surface area (Å²) in [6, 6.07) is 5.95. The second-order valence-electron chi connectivity index (χ2n) is 5.13. The van der Waals surface area contributed by atoms with Gasteiger partial charge in [-0.15, -0.1) is 0 Å². The molecule has 0 aliphatic heterocycles. The summed E-state index contributed by atoms with van der Waals surface area (Å²) in [5.41, 5.74) is 3.40. The third-order valence-corrected chi connectivity index (χ3v) is 3.53. The summed E-state index contributed by atoms with van der Waals surface area (Å²) in [5.74, 6) is 0.206. The molecule has 2 aromatic rings. The maximum atomic E-state index is 13.0. The number of pyridine rings is 1. The number of aryl methyl sites for hydroxylation is 3. The Morgan fingerprint density at radius 3 is 2.10 bits per heavy atom. The van der Waals surface area contributed by atoms with E-state index in [1.807, 2.05) is 32.9 Å². The van der Waals surface area contributed by atoms with E-state index in [2.05, 4.69) is 10.3 Å². The first kappa shape index (κ1) is 15.4. The molecule has 21 heavy (non-hydrogen) atoms. The lowest BCUT2D eigenvalue weighted by Gasteiger charge is -2.14. The fourth-order valence-corrected chi connectivity index (χ4v) is 2.20. The van der Waals surface area contributed by atoms with E-state index in [1.165, 1.54) is 0 Å². The highest BCUT2D eigenvalue weighted by atomic mass is 19.4. The number of benzene rings is 1. The molecular weight excluding hydrogens is 277 g/mol. The van der Waals surface area contributed by atoms with Crippen LogP contribution >= 0.6 is 0 Å². The average molecular weight is 294 g/mol. The van der Waals surface area contributed by atoms with Gasteiger partial charge in [-0.2, -0.15) is 13.2 Å². The number of hydrogen-bond donors (Lipinski definition) is 1. The van der Waals surface area contributed by atoms with Crippen LogP contribution in [0.1, 0.15) is 22.3 Å². The van der Waals surface area contributed by atoms with Gasteiger partial charge in [-0.25, -0.2) is 4.98 Å². The second kappa shape index (κ2) is 5.39. The second-order valence-corrected chi connectivity index (χ2v) is 5.13. The van der Waals surface area contributed by atoms with E-state index in [-0.39, 0.29) is 5.82 Å². The van der Waals surface area contributed by atoms with Crippen LogP contribution in [0.25, 0.3) is 11.3 Å². The summed E-state index contributed by atoms with van der Waals surface area (Å²) < 4.78 is 39.0. The Kier molecular flexibility index (Phi) is 3.94.